The number of nitrogens with zero attached hydrogens (tertiary/aromatic N) is 1. The van der Waals surface area contributed by atoms with Gasteiger partial charge in [-0.25, -0.2) is 8.78 Å². The lowest BCUT2D eigenvalue weighted by molar-refractivity contribution is 0.209. The van der Waals surface area contributed by atoms with Crippen LogP contribution in [0.15, 0.2) is 53.1 Å². The number of pyridine rings is 1. The zero-order valence-electron chi connectivity index (χ0n) is 10.7. The van der Waals surface area contributed by atoms with Crippen LogP contribution in [0, 0.1) is 11.6 Å². The molecule has 2 aromatic carbocycles. The molecule has 0 saturated heterocycles. The van der Waals surface area contributed by atoms with E-state index >= 15 is 0 Å². The second kappa shape index (κ2) is 5.50. The van der Waals surface area contributed by atoms with Gasteiger partial charge in [-0.3, -0.25) is 4.98 Å². The Kier molecular flexibility index (Phi) is 3.69. The lowest BCUT2D eigenvalue weighted by Gasteiger charge is -2.14. The van der Waals surface area contributed by atoms with E-state index in [-0.39, 0.29) is 10.0 Å². The van der Waals surface area contributed by atoms with Crippen molar-refractivity contribution in [3.63, 3.8) is 0 Å². The molecule has 21 heavy (non-hydrogen) atoms. The number of fused-ring (bicyclic) bond motifs is 1. The molecule has 0 saturated carbocycles. The van der Waals surface area contributed by atoms with E-state index in [1.165, 1.54) is 0 Å². The molecule has 106 valence electrons. The Bertz CT molecular complexity index is 799. The van der Waals surface area contributed by atoms with Crippen LogP contribution in [0.2, 0.25) is 0 Å². The topological polar surface area (TPSA) is 33.1 Å². The molecule has 1 heterocycles. The number of hydrogen-bond donors (Lipinski definition) is 1. The fourth-order valence-electron chi connectivity index (χ4n) is 2.23. The molecule has 0 aliphatic carbocycles. The van der Waals surface area contributed by atoms with Crippen LogP contribution in [0.3, 0.4) is 0 Å². The minimum atomic E-state index is -1.38. The lowest BCUT2D eigenvalue weighted by atomic mass is 9.99. The molecule has 5 heteroatoms. The van der Waals surface area contributed by atoms with Crippen LogP contribution >= 0.6 is 15.9 Å². The maximum Gasteiger partial charge on any atom is 0.133 e. The first-order valence-electron chi connectivity index (χ1n) is 6.23. The predicted octanol–water partition coefficient (Wildman–Crippen LogP) is 4.36. The summed E-state index contributed by atoms with van der Waals surface area (Å²) in [5.41, 5.74) is 0.682. The Balaban J connectivity index is 2.10. The Morgan fingerprint density at radius 2 is 1.76 bits per heavy atom. The van der Waals surface area contributed by atoms with Crippen LogP contribution in [0.5, 0.6) is 0 Å². The number of aromatic nitrogens is 1. The van der Waals surface area contributed by atoms with Gasteiger partial charge in [0.15, 0.2) is 0 Å². The third-order valence-corrected chi connectivity index (χ3v) is 3.72. The predicted molar refractivity (Wildman–Crippen MR) is 79.9 cm³/mol. The monoisotopic (exact) mass is 349 g/mol. The van der Waals surface area contributed by atoms with Crippen LogP contribution in [-0.4, -0.2) is 10.1 Å². The van der Waals surface area contributed by atoms with Crippen molar-refractivity contribution in [2.45, 2.75) is 6.10 Å². The second-order valence-electron chi connectivity index (χ2n) is 4.64. The normalized spacial score (nSPS) is 12.6. The van der Waals surface area contributed by atoms with Gasteiger partial charge in [-0.15, -0.1) is 0 Å². The number of benzene rings is 2. The van der Waals surface area contributed by atoms with Crippen molar-refractivity contribution in [2.75, 3.05) is 0 Å². The van der Waals surface area contributed by atoms with Crippen molar-refractivity contribution >= 4 is 26.8 Å². The number of aliphatic hydroxyl groups is 1. The maximum atomic E-state index is 13.9. The second-order valence-corrected chi connectivity index (χ2v) is 5.56. The highest BCUT2D eigenvalue weighted by Crippen LogP contribution is 2.30. The minimum Gasteiger partial charge on any atom is -0.383 e. The van der Waals surface area contributed by atoms with E-state index < -0.39 is 17.7 Å². The van der Waals surface area contributed by atoms with E-state index in [9.17, 15) is 13.9 Å². The van der Waals surface area contributed by atoms with Gasteiger partial charge in [0.25, 0.3) is 0 Å². The minimum absolute atomic E-state index is 0.286. The fraction of sp³-hybridized carbons (Fsp3) is 0.0625. The summed E-state index contributed by atoms with van der Waals surface area (Å²) in [4.78, 5) is 4.17. The molecule has 3 rings (SSSR count). The molecule has 1 atom stereocenters. The number of halogens is 3. The van der Waals surface area contributed by atoms with Crippen LogP contribution < -0.4 is 0 Å². The fourth-order valence-corrected chi connectivity index (χ4v) is 2.64. The molecule has 0 amide bonds. The van der Waals surface area contributed by atoms with Crippen LogP contribution in [0.25, 0.3) is 10.9 Å². The van der Waals surface area contributed by atoms with Crippen molar-refractivity contribution in [1.82, 2.24) is 4.98 Å². The highest BCUT2D eigenvalue weighted by molar-refractivity contribution is 9.10. The van der Waals surface area contributed by atoms with Gasteiger partial charge in [-0.2, -0.15) is 0 Å². The van der Waals surface area contributed by atoms with Gasteiger partial charge in [0.1, 0.15) is 17.7 Å². The zero-order chi connectivity index (χ0) is 15.0. The first-order chi connectivity index (χ1) is 10.1. The van der Waals surface area contributed by atoms with Gasteiger partial charge in [-0.05, 0) is 29.8 Å². The standard InChI is InChI=1S/C16H10BrF2NO/c17-11-7-12(18)15(13(19)8-11)16(21)10-4-3-9-2-1-5-20-14(9)6-10/h1-8,16,21H. The summed E-state index contributed by atoms with van der Waals surface area (Å²) in [7, 11) is 0. The molecule has 0 bridgehead atoms. The van der Waals surface area contributed by atoms with Crippen LogP contribution in [0.1, 0.15) is 17.2 Å². The van der Waals surface area contributed by atoms with Crippen molar-refractivity contribution in [2.24, 2.45) is 0 Å². The SMILES string of the molecule is OC(c1ccc2cccnc2c1)c1c(F)cc(Br)cc1F. The number of aliphatic hydroxyl groups excluding tert-OH is 1. The third kappa shape index (κ3) is 2.66. The zero-order valence-corrected chi connectivity index (χ0v) is 12.3. The number of rotatable bonds is 2. The Morgan fingerprint density at radius 3 is 2.48 bits per heavy atom. The molecular weight excluding hydrogens is 340 g/mol. The quantitative estimate of drug-likeness (QED) is 0.745. The van der Waals surface area contributed by atoms with Crippen molar-refractivity contribution in [1.29, 1.82) is 0 Å². The smallest absolute Gasteiger partial charge is 0.133 e. The van der Waals surface area contributed by atoms with Crippen molar-refractivity contribution in [3.05, 3.63) is 75.9 Å². The first kappa shape index (κ1) is 14.1. The molecule has 0 spiro atoms. The summed E-state index contributed by atoms with van der Waals surface area (Å²) in [6.07, 6.45) is 0.240. The molecule has 2 nitrogen and oxygen atoms in total. The van der Waals surface area contributed by atoms with E-state index in [0.29, 0.717) is 11.1 Å². The molecule has 0 aliphatic rings. The van der Waals surface area contributed by atoms with Gasteiger partial charge in [-0.1, -0.05) is 34.1 Å². The summed E-state index contributed by atoms with van der Waals surface area (Å²) in [6, 6.07) is 10.9. The molecule has 1 unspecified atom stereocenters. The summed E-state index contributed by atoms with van der Waals surface area (Å²) in [6.45, 7) is 0. The van der Waals surface area contributed by atoms with E-state index in [1.807, 2.05) is 6.07 Å². The van der Waals surface area contributed by atoms with E-state index in [4.69, 9.17) is 0 Å². The summed E-state index contributed by atoms with van der Waals surface area (Å²) in [5, 5.41) is 11.2. The van der Waals surface area contributed by atoms with Crippen LogP contribution in [0.4, 0.5) is 8.78 Å². The van der Waals surface area contributed by atoms with Gasteiger partial charge in [0.2, 0.25) is 0 Å². The third-order valence-electron chi connectivity index (χ3n) is 3.26. The average Bonchev–Trinajstić information content (AvgIpc) is 2.45. The Hall–Kier alpha value is -1.85. The van der Waals surface area contributed by atoms with Gasteiger partial charge >= 0.3 is 0 Å². The Morgan fingerprint density at radius 1 is 1.05 bits per heavy atom. The maximum absolute atomic E-state index is 13.9. The molecule has 0 fully saturated rings. The summed E-state index contributed by atoms with van der Waals surface area (Å²) in [5.74, 6) is -1.59. The lowest BCUT2D eigenvalue weighted by Crippen LogP contribution is -2.06. The summed E-state index contributed by atoms with van der Waals surface area (Å²) >= 11 is 3.01. The largest absolute Gasteiger partial charge is 0.383 e. The highest BCUT2D eigenvalue weighted by Gasteiger charge is 2.20. The molecule has 1 N–H and O–H groups in total. The van der Waals surface area contributed by atoms with E-state index in [1.54, 1.807) is 30.5 Å². The van der Waals surface area contributed by atoms with E-state index in [0.717, 1.165) is 17.5 Å². The molecular formula is C16H10BrF2NO. The van der Waals surface area contributed by atoms with Gasteiger partial charge < -0.3 is 5.11 Å². The van der Waals surface area contributed by atoms with Crippen molar-refractivity contribution in [3.8, 4) is 0 Å². The van der Waals surface area contributed by atoms with Crippen molar-refractivity contribution < 1.29 is 13.9 Å². The first-order valence-corrected chi connectivity index (χ1v) is 7.03. The van der Waals surface area contributed by atoms with Crippen LogP contribution in [-0.2, 0) is 0 Å². The van der Waals surface area contributed by atoms with E-state index in [2.05, 4.69) is 20.9 Å². The molecule has 1 aromatic heterocycles. The highest BCUT2D eigenvalue weighted by atomic mass is 79.9. The van der Waals surface area contributed by atoms with Gasteiger partial charge in [0.05, 0.1) is 11.1 Å². The van der Waals surface area contributed by atoms with Gasteiger partial charge in [0, 0.05) is 16.1 Å². The number of hydrogen-bond acceptors (Lipinski definition) is 2. The summed E-state index contributed by atoms with van der Waals surface area (Å²) < 4.78 is 28.1. The Labute approximate surface area is 128 Å². The average molecular weight is 350 g/mol. The molecule has 3 aromatic rings. The molecule has 0 aliphatic heterocycles. The molecule has 0 radical (unpaired) electrons.